The van der Waals surface area contributed by atoms with Gasteiger partial charge in [-0.3, -0.25) is 5.41 Å². The highest BCUT2D eigenvalue weighted by Crippen LogP contribution is 2.10. The molecule has 0 saturated carbocycles. The lowest BCUT2D eigenvalue weighted by atomic mass is 10.2. The Labute approximate surface area is 95.6 Å². The van der Waals surface area contributed by atoms with Gasteiger partial charge < -0.3 is 15.8 Å². The lowest BCUT2D eigenvalue weighted by molar-refractivity contribution is 0.414. The quantitative estimate of drug-likeness (QED) is 0.520. The highest BCUT2D eigenvalue weighted by atomic mass is 16.5. The van der Waals surface area contributed by atoms with Crippen molar-refractivity contribution in [3.05, 3.63) is 41.6 Å². The number of rotatable bonds is 5. The zero-order chi connectivity index (χ0) is 12.0. The van der Waals surface area contributed by atoms with Gasteiger partial charge in [0.15, 0.2) is 0 Å². The fraction of sp³-hybridized carbons (Fsp3) is 0.250. The minimum atomic E-state index is 0.0854. The van der Waals surface area contributed by atoms with E-state index < -0.39 is 0 Å². The molecule has 86 valence electrons. The fourth-order valence-electron chi connectivity index (χ4n) is 1.14. The molecule has 0 spiro atoms. The average molecular weight is 219 g/mol. The number of nitrogens with two attached hydrogens (primary N) is 1. The minimum Gasteiger partial charge on any atom is -0.497 e. The zero-order valence-corrected chi connectivity index (χ0v) is 9.58. The first-order valence-electron chi connectivity index (χ1n) is 5.01. The van der Waals surface area contributed by atoms with E-state index in [4.69, 9.17) is 15.9 Å². The molecule has 0 unspecified atom stereocenters. The summed E-state index contributed by atoms with van der Waals surface area (Å²) in [5, 5.41) is 10.3. The lowest BCUT2D eigenvalue weighted by Gasteiger charge is -2.04. The lowest BCUT2D eigenvalue weighted by Crippen LogP contribution is -2.14. The van der Waals surface area contributed by atoms with Crippen molar-refractivity contribution in [2.75, 3.05) is 7.11 Å². The molecule has 0 aliphatic rings. The Bertz CT molecular complexity index is 382. The molecule has 0 fully saturated rings. The summed E-state index contributed by atoms with van der Waals surface area (Å²) < 4.78 is 5.07. The van der Waals surface area contributed by atoms with Gasteiger partial charge in [0.1, 0.15) is 11.6 Å². The van der Waals surface area contributed by atoms with E-state index in [1.807, 2.05) is 24.3 Å². The number of hydrogen-bond donors (Lipinski definition) is 3. The third-order valence-corrected chi connectivity index (χ3v) is 2.21. The van der Waals surface area contributed by atoms with Gasteiger partial charge in [0.2, 0.25) is 0 Å². The van der Waals surface area contributed by atoms with E-state index in [2.05, 4.69) is 5.32 Å². The molecule has 0 amide bonds. The van der Waals surface area contributed by atoms with Crippen molar-refractivity contribution in [3.8, 4) is 5.75 Å². The molecule has 1 rings (SSSR count). The zero-order valence-electron chi connectivity index (χ0n) is 9.58. The summed E-state index contributed by atoms with van der Waals surface area (Å²) in [6.45, 7) is 2.50. The van der Waals surface area contributed by atoms with Gasteiger partial charge in [0.05, 0.1) is 7.11 Å². The van der Waals surface area contributed by atoms with Gasteiger partial charge in [0, 0.05) is 18.3 Å². The number of ether oxygens (including phenoxy) is 1. The highest BCUT2D eigenvalue weighted by Gasteiger charge is 1.94. The Balaban J connectivity index is 2.49. The summed E-state index contributed by atoms with van der Waals surface area (Å²) in [6, 6.07) is 7.81. The Kier molecular flexibility index (Phi) is 4.39. The molecule has 4 N–H and O–H groups in total. The van der Waals surface area contributed by atoms with E-state index in [0.29, 0.717) is 6.54 Å². The molecular weight excluding hydrogens is 202 g/mol. The van der Waals surface area contributed by atoms with Crippen molar-refractivity contribution in [1.82, 2.24) is 5.32 Å². The van der Waals surface area contributed by atoms with Crippen molar-refractivity contribution < 1.29 is 4.74 Å². The van der Waals surface area contributed by atoms with E-state index >= 15 is 0 Å². The van der Waals surface area contributed by atoms with Gasteiger partial charge in [-0.15, -0.1) is 0 Å². The number of benzene rings is 1. The Morgan fingerprint density at radius 2 is 2.06 bits per heavy atom. The van der Waals surface area contributed by atoms with Crippen LogP contribution in [0.25, 0.3) is 0 Å². The van der Waals surface area contributed by atoms with E-state index in [0.717, 1.165) is 16.9 Å². The molecule has 0 saturated heterocycles. The van der Waals surface area contributed by atoms with Crippen LogP contribution in [0.3, 0.4) is 0 Å². The van der Waals surface area contributed by atoms with E-state index in [1.54, 1.807) is 20.2 Å². The number of amidine groups is 1. The first kappa shape index (κ1) is 12.1. The van der Waals surface area contributed by atoms with Gasteiger partial charge in [-0.25, -0.2) is 0 Å². The molecule has 0 heterocycles. The Hall–Kier alpha value is -1.97. The minimum absolute atomic E-state index is 0.0854. The van der Waals surface area contributed by atoms with Gasteiger partial charge >= 0.3 is 0 Å². The third kappa shape index (κ3) is 3.65. The highest BCUT2D eigenvalue weighted by molar-refractivity contribution is 5.93. The number of nitrogens with one attached hydrogen (secondary N) is 2. The summed E-state index contributed by atoms with van der Waals surface area (Å²) in [4.78, 5) is 0. The fourth-order valence-corrected chi connectivity index (χ4v) is 1.14. The van der Waals surface area contributed by atoms with Crippen LogP contribution in [0.5, 0.6) is 5.75 Å². The van der Waals surface area contributed by atoms with Gasteiger partial charge in [-0.2, -0.15) is 0 Å². The van der Waals surface area contributed by atoms with Crippen LogP contribution in [-0.4, -0.2) is 12.9 Å². The topological polar surface area (TPSA) is 71.1 Å². The molecule has 1 aromatic rings. The maximum atomic E-state index is 7.19. The molecule has 1 aromatic carbocycles. The van der Waals surface area contributed by atoms with E-state index in [1.165, 1.54) is 0 Å². The second-order valence-electron chi connectivity index (χ2n) is 3.47. The maximum Gasteiger partial charge on any atom is 0.119 e. The molecular formula is C12H17N3O. The standard InChI is InChI=1S/C12H17N3O/c1-9(12(13)14)7-15-8-10-3-5-11(16-2)6-4-10/h3-7,15H,8H2,1-2H3,(H3,13,14)/b9-7-. The second-order valence-corrected chi connectivity index (χ2v) is 3.47. The average Bonchev–Trinajstić information content (AvgIpc) is 2.29. The van der Waals surface area contributed by atoms with Gasteiger partial charge in [-0.05, 0) is 24.6 Å². The summed E-state index contributed by atoms with van der Waals surface area (Å²) in [5.74, 6) is 0.932. The van der Waals surface area contributed by atoms with Gasteiger partial charge in [0.25, 0.3) is 0 Å². The summed E-state index contributed by atoms with van der Waals surface area (Å²) >= 11 is 0. The Morgan fingerprint density at radius 3 is 2.56 bits per heavy atom. The number of hydrogen-bond acceptors (Lipinski definition) is 3. The van der Waals surface area contributed by atoms with Crippen LogP contribution in [0.1, 0.15) is 12.5 Å². The molecule has 0 aliphatic heterocycles. The van der Waals surface area contributed by atoms with Crippen LogP contribution >= 0.6 is 0 Å². The van der Waals surface area contributed by atoms with Crippen molar-refractivity contribution >= 4 is 5.84 Å². The molecule has 0 aliphatic carbocycles. The molecule has 0 radical (unpaired) electrons. The van der Waals surface area contributed by atoms with E-state index in [9.17, 15) is 0 Å². The first-order valence-corrected chi connectivity index (χ1v) is 5.01. The van der Waals surface area contributed by atoms with Crippen LogP contribution in [0.2, 0.25) is 0 Å². The maximum absolute atomic E-state index is 7.19. The van der Waals surface area contributed by atoms with Gasteiger partial charge in [-0.1, -0.05) is 12.1 Å². The van der Waals surface area contributed by atoms with E-state index in [-0.39, 0.29) is 5.84 Å². The van der Waals surface area contributed by atoms with Crippen molar-refractivity contribution in [2.24, 2.45) is 5.73 Å². The van der Waals surface area contributed by atoms with Crippen molar-refractivity contribution in [3.63, 3.8) is 0 Å². The summed E-state index contributed by atoms with van der Waals surface area (Å²) in [6.07, 6.45) is 1.74. The molecule has 0 bridgehead atoms. The summed E-state index contributed by atoms with van der Waals surface area (Å²) in [5.41, 5.74) is 7.19. The summed E-state index contributed by atoms with van der Waals surface area (Å²) in [7, 11) is 1.65. The van der Waals surface area contributed by atoms with Crippen LogP contribution < -0.4 is 15.8 Å². The third-order valence-electron chi connectivity index (χ3n) is 2.21. The monoisotopic (exact) mass is 219 g/mol. The van der Waals surface area contributed by atoms with Crippen LogP contribution in [0.4, 0.5) is 0 Å². The number of methoxy groups -OCH3 is 1. The van der Waals surface area contributed by atoms with Crippen molar-refractivity contribution in [2.45, 2.75) is 13.5 Å². The predicted molar refractivity (Wildman–Crippen MR) is 65.5 cm³/mol. The molecule has 0 aromatic heterocycles. The normalized spacial score (nSPS) is 11.0. The Morgan fingerprint density at radius 1 is 1.44 bits per heavy atom. The molecule has 4 nitrogen and oxygen atoms in total. The molecule has 4 heteroatoms. The largest absolute Gasteiger partial charge is 0.497 e. The smallest absolute Gasteiger partial charge is 0.119 e. The van der Waals surface area contributed by atoms with Crippen molar-refractivity contribution in [1.29, 1.82) is 5.41 Å². The first-order chi connectivity index (χ1) is 7.63. The molecule has 16 heavy (non-hydrogen) atoms. The predicted octanol–water partition coefficient (Wildman–Crippen LogP) is 1.62. The van der Waals surface area contributed by atoms with Crippen LogP contribution in [0, 0.1) is 5.41 Å². The molecule has 0 atom stereocenters. The van der Waals surface area contributed by atoms with Crippen LogP contribution in [-0.2, 0) is 6.54 Å². The van der Waals surface area contributed by atoms with Crippen LogP contribution in [0.15, 0.2) is 36.0 Å². The second kappa shape index (κ2) is 5.80. The SMILES string of the molecule is COc1ccc(CN/C=C(/C)C(=N)N)cc1.